The van der Waals surface area contributed by atoms with Gasteiger partial charge in [-0.1, -0.05) is 35.4 Å². The Bertz CT molecular complexity index is 816. The lowest BCUT2D eigenvalue weighted by molar-refractivity contribution is 1.32. The molecule has 1 aromatic carbocycles. The summed E-state index contributed by atoms with van der Waals surface area (Å²) in [5.74, 6) is 0. The molecule has 6 heteroatoms. The third-order valence-corrected chi connectivity index (χ3v) is 5.21. The number of halogens is 2. The van der Waals surface area contributed by atoms with Crippen molar-refractivity contribution in [1.29, 1.82) is 0 Å². The zero-order valence-electron chi connectivity index (χ0n) is 11.2. The number of benzene rings is 1. The van der Waals surface area contributed by atoms with Crippen molar-refractivity contribution in [3.63, 3.8) is 0 Å². The second-order valence-corrected chi connectivity index (χ2v) is 6.63. The highest BCUT2D eigenvalue weighted by molar-refractivity contribution is 7.81. The Morgan fingerprint density at radius 1 is 1.09 bits per heavy atom. The van der Waals surface area contributed by atoms with Crippen LogP contribution in [0.2, 0.25) is 10.0 Å². The number of hydrogen-bond acceptors (Lipinski definition) is 4. The van der Waals surface area contributed by atoms with Gasteiger partial charge in [0, 0.05) is 17.4 Å². The number of nitrogens with zero attached hydrogens (tertiary/aromatic N) is 1. The fourth-order valence-corrected chi connectivity index (χ4v) is 3.88. The molecule has 0 saturated heterocycles. The molecule has 1 N–H and O–H groups in total. The van der Waals surface area contributed by atoms with Crippen molar-refractivity contribution in [1.82, 2.24) is 4.98 Å². The molecule has 22 heavy (non-hydrogen) atoms. The zero-order valence-corrected chi connectivity index (χ0v) is 14.4. The van der Waals surface area contributed by atoms with E-state index < -0.39 is 0 Å². The Balaban J connectivity index is 1.87. The fourth-order valence-electron chi connectivity index (χ4n) is 1.96. The molecule has 0 bridgehead atoms. The van der Waals surface area contributed by atoms with Crippen molar-refractivity contribution in [2.24, 2.45) is 0 Å². The SMILES string of the molecule is S=C(c1ccc(Nc2cccnc2)cc1Cl)c1sccc1Cl. The molecule has 0 aliphatic rings. The molecule has 0 radical (unpaired) electrons. The highest BCUT2D eigenvalue weighted by atomic mass is 35.5. The molecule has 0 spiro atoms. The smallest absolute Gasteiger partial charge is 0.0651 e. The number of nitrogens with one attached hydrogen (secondary N) is 1. The second kappa shape index (κ2) is 6.75. The van der Waals surface area contributed by atoms with Crippen molar-refractivity contribution >= 4 is 63.0 Å². The van der Waals surface area contributed by atoms with Crippen LogP contribution in [-0.2, 0) is 0 Å². The largest absolute Gasteiger partial charge is 0.354 e. The van der Waals surface area contributed by atoms with Gasteiger partial charge in [0.05, 0.1) is 31.7 Å². The Kier molecular flexibility index (Phi) is 4.74. The normalized spacial score (nSPS) is 10.5. The van der Waals surface area contributed by atoms with E-state index in [1.807, 2.05) is 41.8 Å². The van der Waals surface area contributed by atoms with Crippen LogP contribution in [0.3, 0.4) is 0 Å². The summed E-state index contributed by atoms with van der Waals surface area (Å²) in [5.41, 5.74) is 2.58. The van der Waals surface area contributed by atoms with Crippen LogP contribution in [0.5, 0.6) is 0 Å². The molecule has 3 aromatic rings. The van der Waals surface area contributed by atoms with E-state index in [1.165, 1.54) is 11.3 Å². The standard InChI is InChI=1S/C16H10Cl2N2S2/c17-13-5-7-22-16(13)15(21)12-4-3-10(8-14(12)18)20-11-2-1-6-19-9-11/h1-9,20H. The van der Waals surface area contributed by atoms with Gasteiger partial charge in [0.25, 0.3) is 0 Å². The van der Waals surface area contributed by atoms with Gasteiger partial charge in [0.2, 0.25) is 0 Å². The van der Waals surface area contributed by atoms with E-state index in [0.29, 0.717) is 14.9 Å². The predicted octanol–water partition coefficient (Wildman–Crippen LogP) is 5.96. The van der Waals surface area contributed by atoms with Crippen LogP contribution < -0.4 is 5.32 Å². The first-order valence-electron chi connectivity index (χ1n) is 6.39. The highest BCUT2D eigenvalue weighted by Gasteiger charge is 2.13. The van der Waals surface area contributed by atoms with Gasteiger partial charge in [-0.15, -0.1) is 11.3 Å². The Morgan fingerprint density at radius 3 is 2.59 bits per heavy atom. The lowest BCUT2D eigenvalue weighted by atomic mass is 10.1. The molecule has 0 saturated carbocycles. The van der Waals surface area contributed by atoms with Crippen molar-refractivity contribution in [3.05, 3.63) is 74.7 Å². The second-order valence-electron chi connectivity index (χ2n) is 4.49. The lowest BCUT2D eigenvalue weighted by Gasteiger charge is -2.10. The Labute approximate surface area is 147 Å². The van der Waals surface area contributed by atoms with E-state index in [0.717, 1.165) is 21.8 Å². The van der Waals surface area contributed by atoms with E-state index >= 15 is 0 Å². The van der Waals surface area contributed by atoms with Gasteiger partial charge in [-0.2, -0.15) is 0 Å². The van der Waals surface area contributed by atoms with Crippen molar-refractivity contribution in [3.8, 4) is 0 Å². The molecular weight excluding hydrogens is 355 g/mol. The summed E-state index contributed by atoms with van der Waals surface area (Å²) < 4.78 is 0. The number of thiophene rings is 1. The molecule has 110 valence electrons. The molecule has 2 heterocycles. The van der Waals surface area contributed by atoms with E-state index in [2.05, 4.69) is 10.3 Å². The lowest BCUT2D eigenvalue weighted by Crippen LogP contribution is -2.00. The summed E-state index contributed by atoms with van der Waals surface area (Å²) in [6, 6.07) is 11.3. The van der Waals surface area contributed by atoms with E-state index in [4.69, 9.17) is 35.4 Å². The maximum Gasteiger partial charge on any atom is 0.0651 e. The molecule has 3 rings (SSSR count). The van der Waals surface area contributed by atoms with Crippen LogP contribution >= 0.6 is 46.8 Å². The number of aromatic nitrogens is 1. The molecular formula is C16H10Cl2N2S2. The van der Waals surface area contributed by atoms with Gasteiger partial charge >= 0.3 is 0 Å². The van der Waals surface area contributed by atoms with Crippen molar-refractivity contribution in [2.45, 2.75) is 0 Å². The topological polar surface area (TPSA) is 24.9 Å². The van der Waals surface area contributed by atoms with Crippen molar-refractivity contribution in [2.75, 3.05) is 5.32 Å². The number of pyridine rings is 1. The average molecular weight is 365 g/mol. The van der Waals surface area contributed by atoms with E-state index in [9.17, 15) is 0 Å². The van der Waals surface area contributed by atoms with Crippen LogP contribution in [0.15, 0.2) is 54.2 Å². The van der Waals surface area contributed by atoms with Gasteiger partial charge in [-0.3, -0.25) is 4.98 Å². The van der Waals surface area contributed by atoms with Gasteiger partial charge in [0.1, 0.15) is 0 Å². The maximum atomic E-state index is 6.38. The Hall–Kier alpha value is -1.46. The van der Waals surface area contributed by atoms with E-state index in [-0.39, 0.29) is 0 Å². The molecule has 0 aliphatic carbocycles. The van der Waals surface area contributed by atoms with Gasteiger partial charge in [-0.25, -0.2) is 0 Å². The minimum Gasteiger partial charge on any atom is -0.354 e. The zero-order chi connectivity index (χ0) is 15.5. The fraction of sp³-hybridized carbons (Fsp3) is 0. The number of rotatable bonds is 4. The van der Waals surface area contributed by atoms with Crippen LogP contribution in [0.4, 0.5) is 11.4 Å². The Morgan fingerprint density at radius 2 is 1.95 bits per heavy atom. The molecule has 0 atom stereocenters. The average Bonchev–Trinajstić information content (AvgIpc) is 2.94. The number of hydrogen-bond donors (Lipinski definition) is 1. The minimum absolute atomic E-state index is 0.586. The van der Waals surface area contributed by atoms with Gasteiger partial charge in [0.15, 0.2) is 0 Å². The number of thiocarbonyl (C=S) groups is 1. The first-order valence-corrected chi connectivity index (χ1v) is 8.44. The molecule has 2 aromatic heterocycles. The first kappa shape index (κ1) is 15.4. The maximum absolute atomic E-state index is 6.38. The predicted molar refractivity (Wildman–Crippen MR) is 99.1 cm³/mol. The van der Waals surface area contributed by atoms with Crippen LogP contribution in [-0.4, -0.2) is 9.85 Å². The summed E-state index contributed by atoms with van der Waals surface area (Å²) in [6.45, 7) is 0. The highest BCUT2D eigenvalue weighted by Crippen LogP contribution is 2.30. The molecule has 0 aliphatic heterocycles. The first-order chi connectivity index (χ1) is 10.6. The molecule has 0 amide bonds. The monoisotopic (exact) mass is 364 g/mol. The number of anilines is 2. The summed E-state index contributed by atoms with van der Waals surface area (Å²) in [4.78, 5) is 5.59. The van der Waals surface area contributed by atoms with Gasteiger partial charge < -0.3 is 5.32 Å². The van der Waals surface area contributed by atoms with Crippen LogP contribution in [0.25, 0.3) is 0 Å². The summed E-state index contributed by atoms with van der Waals surface area (Å²) in [6.07, 6.45) is 3.47. The van der Waals surface area contributed by atoms with Crippen LogP contribution in [0, 0.1) is 0 Å². The minimum atomic E-state index is 0.586. The third kappa shape index (κ3) is 3.31. The summed E-state index contributed by atoms with van der Waals surface area (Å²) >= 11 is 19.5. The quantitative estimate of drug-likeness (QED) is 0.456. The van der Waals surface area contributed by atoms with Gasteiger partial charge in [-0.05, 0) is 41.8 Å². The molecule has 2 nitrogen and oxygen atoms in total. The van der Waals surface area contributed by atoms with Crippen LogP contribution in [0.1, 0.15) is 10.4 Å². The van der Waals surface area contributed by atoms with Crippen molar-refractivity contribution < 1.29 is 0 Å². The molecule has 0 unspecified atom stereocenters. The third-order valence-electron chi connectivity index (χ3n) is 2.99. The summed E-state index contributed by atoms with van der Waals surface area (Å²) in [7, 11) is 0. The summed E-state index contributed by atoms with van der Waals surface area (Å²) in [5, 5.41) is 6.40. The van der Waals surface area contributed by atoms with E-state index in [1.54, 1.807) is 12.4 Å². The molecule has 0 fully saturated rings.